The summed E-state index contributed by atoms with van der Waals surface area (Å²) in [6, 6.07) is 6.52. The number of anilines is 1. The van der Waals surface area contributed by atoms with E-state index in [9.17, 15) is 4.39 Å². The number of rotatable bonds is 4. The second-order valence-electron chi connectivity index (χ2n) is 4.86. The second kappa shape index (κ2) is 5.21. The Bertz CT molecular complexity index is 532. The third-order valence-electron chi connectivity index (χ3n) is 2.80. The van der Waals surface area contributed by atoms with Crippen molar-refractivity contribution in [3.05, 3.63) is 35.6 Å². The lowest BCUT2D eigenvalue weighted by Gasteiger charge is -2.07. The minimum Gasteiger partial charge on any atom is -0.368 e. The van der Waals surface area contributed by atoms with Gasteiger partial charge in [0.25, 0.3) is 0 Å². The Balaban J connectivity index is 2.25. The molecule has 0 atom stereocenters. The number of benzene rings is 1. The zero-order valence-electron chi connectivity index (χ0n) is 10.9. The van der Waals surface area contributed by atoms with Crippen LogP contribution in [-0.4, -0.2) is 16.7 Å². The molecule has 1 aromatic carbocycles. The van der Waals surface area contributed by atoms with E-state index in [-0.39, 0.29) is 5.82 Å². The van der Waals surface area contributed by atoms with Crippen molar-refractivity contribution in [1.82, 2.24) is 10.2 Å². The van der Waals surface area contributed by atoms with Gasteiger partial charge in [-0.15, -0.1) is 0 Å². The Morgan fingerprint density at radius 1 is 1.39 bits per heavy atom. The van der Waals surface area contributed by atoms with Gasteiger partial charge in [-0.1, -0.05) is 26.0 Å². The van der Waals surface area contributed by atoms with Crippen molar-refractivity contribution in [1.29, 1.82) is 0 Å². The molecule has 0 aliphatic heterocycles. The highest BCUT2D eigenvalue weighted by Crippen LogP contribution is 2.26. The van der Waals surface area contributed by atoms with Crippen LogP contribution in [0.1, 0.15) is 19.4 Å². The number of nitrogens with zero attached hydrogens (tertiary/aromatic N) is 1. The van der Waals surface area contributed by atoms with E-state index < -0.39 is 0 Å². The summed E-state index contributed by atoms with van der Waals surface area (Å²) < 4.78 is 13.2. The summed E-state index contributed by atoms with van der Waals surface area (Å²) in [5.41, 5.74) is 2.69. The van der Waals surface area contributed by atoms with E-state index in [0.29, 0.717) is 5.92 Å². The van der Waals surface area contributed by atoms with Crippen LogP contribution >= 0.6 is 0 Å². The maximum atomic E-state index is 13.2. The highest BCUT2D eigenvalue weighted by molar-refractivity contribution is 5.68. The van der Waals surface area contributed by atoms with Crippen LogP contribution in [0, 0.1) is 18.7 Å². The fourth-order valence-electron chi connectivity index (χ4n) is 1.80. The van der Waals surface area contributed by atoms with Crippen molar-refractivity contribution in [3.8, 4) is 11.3 Å². The SMILES string of the molecule is Cc1c(NCC(C)C)n[nH]c1-c1cccc(F)c1. The fraction of sp³-hybridized carbons (Fsp3) is 0.357. The normalized spacial score (nSPS) is 10.9. The number of aromatic nitrogens is 2. The number of halogens is 1. The highest BCUT2D eigenvalue weighted by atomic mass is 19.1. The number of aromatic amines is 1. The first-order valence-corrected chi connectivity index (χ1v) is 6.12. The Kier molecular flexibility index (Phi) is 3.65. The molecule has 1 heterocycles. The van der Waals surface area contributed by atoms with E-state index in [1.807, 2.05) is 13.0 Å². The average molecular weight is 247 g/mol. The van der Waals surface area contributed by atoms with Crippen LogP contribution in [0.3, 0.4) is 0 Å². The van der Waals surface area contributed by atoms with E-state index in [1.54, 1.807) is 6.07 Å². The van der Waals surface area contributed by atoms with Crippen molar-refractivity contribution < 1.29 is 4.39 Å². The fourth-order valence-corrected chi connectivity index (χ4v) is 1.80. The quantitative estimate of drug-likeness (QED) is 0.866. The third kappa shape index (κ3) is 2.70. The van der Waals surface area contributed by atoms with E-state index in [2.05, 4.69) is 29.4 Å². The van der Waals surface area contributed by atoms with Crippen LogP contribution < -0.4 is 5.32 Å². The summed E-state index contributed by atoms with van der Waals surface area (Å²) in [6.45, 7) is 7.13. The second-order valence-corrected chi connectivity index (χ2v) is 4.86. The molecule has 0 fully saturated rings. The van der Waals surface area contributed by atoms with E-state index >= 15 is 0 Å². The Labute approximate surface area is 106 Å². The summed E-state index contributed by atoms with van der Waals surface area (Å²) in [5.74, 6) is 1.15. The molecule has 3 nitrogen and oxygen atoms in total. The molecule has 4 heteroatoms. The summed E-state index contributed by atoms with van der Waals surface area (Å²) >= 11 is 0. The van der Waals surface area contributed by atoms with Gasteiger partial charge in [0.05, 0.1) is 5.69 Å². The van der Waals surface area contributed by atoms with Crippen molar-refractivity contribution >= 4 is 5.82 Å². The van der Waals surface area contributed by atoms with Gasteiger partial charge < -0.3 is 5.32 Å². The molecular formula is C14H18FN3. The summed E-state index contributed by atoms with van der Waals surface area (Å²) in [5, 5.41) is 10.5. The van der Waals surface area contributed by atoms with E-state index in [0.717, 1.165) is 29.2 Å². The van der Waals surface area contributed by atoms with E-state index in [4.69, 9.17) is 0 Å². The lowest BCUT2D eigenvalue weighted by molar-refractivity contribution is 0.628. The maximum absolute atomic E-state index is 13.2. The first kappa shape index (κ1) is 12.6. The van der Waals surface area contributed by atoms with Gasteiger partial charge in [-0.2, -0.15) is 5.10 Å². The topological polar surface area (TPSA) is 40.7 Å². The standard InChI is InChI=1S/C14H18FN3/c1-9(2)8-16-14-10(3)13(17-18-14)11-5-4-6-12(15)7-11/h4-7,9H,8H2,1-3H3,(H2,16,17,18). The first-order chi connectivity index (χ1) is 8.58. The summed E-state index contributed by atoms with van der Waals surface area (Å²) in [4.78, 5) is 0. The molecule has 0 aliphatic rings. The van der Waals surface area contributed by atoms with Crippen LogP contribution in [0.5, 0.6) is 0 Å². The van der Waals surface area contributed by atoms with Gasteiger partial charge in [0.15, 0.2) is 5.82 Å². The molecular weight excluding hydrogens is 229 g/mol. The molecule has 2 N–H and O–H groups in total. The van der Waals surface area contributed by atoms with Crippen LogP contribution in [-0.2, 0) is 0 Å². The molecule has 0 spiro atoms. The largest absolute Gasteiger partial charge is 0.368 e. The Morgan fingerprint density at radius 2 is 2.17 bits per heavy atom. The van der Waals surface area contributed by atoms with Crippen LogP contribution in [0.15, 0.2) is 24.3 Å². The van der Waals surface area contributed by atoms with Gasteiger partial charge in [0.2, 0.25) is 0 Å². The number of nitrogens with one attached hydrogen (secondary N) is 2. The highest BCUT2D eigenvalue weighted by Gasteiger charge is 2.11. The molecule has 0 saturated carbocycles. The van der Waals surface area contributed by atoms with Gasteiger partial charge in [-0.25, -0.2) is 4.39 Å². The minimum atomic E-state index is -0.238. The molecule has 1 aromatic heterocycles. The lowest BCUT2D eigenvalue weighted by Crippen LogP contribution is -2.08. The summed E-state index contributed by atoms with van der Waals surface area (Å²) in [6.07, 6.45) is 0. The predicted molar refractivity (Wildman–Crippen MR) is 72.0 cm³/mol. The van der Waals surface area contributed by atoms with Gasteiger partial charge in [-0.3, -0.25) is 5.10 Å². The Morgan fingerprint density at radius 3 is 2.83 bits per heavy atom. The number of hydrogen-bond acceptors (Lipinski definition) is 2. The van der Waals surface area contributed by atoms with Crippen LogP contribution in [0.25, 0.3) is 11.3 Å². The molecule has 0 unspecified atom stereocenters. The van der Waals surface area contributed by atoms with E-state index in [1.165, 1.54) is 12.1 Å². The molecule has 0 bridgehead atoms. The number of hydrogen-bond donors (Lipinski definition) is 2. The smallest absolute Gasteiger partial charge is 0.151 e. The van der Waals surface area contributed by atoms with Crippen molar-refractivity contribution in [2.45, 2.75) is 20.8 Å². The van der Waals surface area contributed by atoms with Crippen molar-refractivity contribution in [2.24, 2.45) is 5.92 Å². The van der Waals surface area contributed by atoms with Crippen molar-refractivity contribution in [3.63, 3.8) is 0 Å². The van der Waals surface area contributed by atoms with Crippen molar-refractivity contribution in [2.75, 3.05) is 11.9 Å². The molecule has 0 saturated heterocycles. The van der Waals surface area contributed by atoms with Crippen LogP contribution in [0.4, 0.5) is 10.2 Å². The third-order valence-corrected chi connectivity index (χ3v) is 2.80. The van der Waals surface area contributed by atoms with Gasteiger partial charge in [0, 0.05) is 17.7 Å². The molecule has 0 aliphatic carbocycles. The molecule has 0 amide bonds. The lowest BCUT2D eigenvalue weighted by atomic mass is 10.1. The molecule has 0 radical (unpaired) electrons. The molecule has 2 rings (SSSR count). The van der Waals surface area contributed by atoms with Crippen LogP contribution in [0.2, 0.25) is 0 Å². The van der Waals surface area contributed by atoms with Gasteiger partial charge in [-0.05, 0) is 25.0 Å². The van der Waals surface area contributed by atoms with Gasteiger partial charge in [0.1, 0.15) is 5.82 Å². The van der Waals surface area contributed by atoms with Gasteiger partial charge >= 0.3 is 0 Å². The molecule has 2 aromatic rings. The number of H-pyrrole nitrogens is 1. The minimum absolute atomic E-state index is 0.238. The Hall–Kier alpha value is -1.84. The zero-order valence-corrected chi connectivity index (χ0v) is 10.9. The summed E-state index contributed by atoms with van der Waals surface area (Å²) in [7, 11) is 0. The molecule has 18 heavy (non-hydrogen) atoms. The first-order valence-electron chi connectivity index (χ1n) is 6.12. The average Bonchev–Trinajstić information content (AvgIpc) is 2.68. The maximum Gasteiger partial charge on any atom is 0.151 e. The molecule has 96 valence electrons. The monoisotopic (exact) mass is 247 g/mol. The predicted octanol–water partition coefficient (Wildman–Crippen LogP) is 3.59. The zero-order chi connectivity index (χ0) is 13.1.